The van der Waals surface area contributed by atoms with Crippen LogP contribution in [0.15, 0.2) is 35.5 Å². The molecular formula is C20H26O6. The monoisotopic (exact) mass is 362 g/mol. The quantitative estimate of drug-likeness (QED) is 0.349. The van der Waals surface area contributed by atoms with Crippen LogP contribution in [0, 0.1) is 11.8 Å². The molecule has 0 radical (unpaired) electrons. The molecule has 142 valence electrons. The van der Waals surface area contributed by atoms with Crippen molar-refractivity contribution in [1.82, 2.24) is 0 Å². The summed E-state index contributed by atoms with van der Waals surface area (Å²) in [4.78, 5) is 35.7. The second-order valence-corrected chi connectivity index (χ2v) is 7.17. The standard InChI is InChI=1S/C20H26O6/c1-12(2)7-18(23)25-16-8-14(10-21)5-4-6-15(11-22)9-17-19(16)13(3)20(24)26-17/h5,9-10,12,16-17,19,22H,3-4,6-8,11H2,1-2H3/b14-5+,15-9-/t16-,17+,19+/m0/s1. The summed E-state index contributed by atoms with van der Waals surface area (Å²) < 4.78 is 11.0. The lowest BCUT2D eigenvalue weighted by Crippen LogP contribution is -2.34. The van der Waals surface area contributed by atoms with Crippen LogP contribution >= 0.6 is 0 Å². The number of fused-ring (bicyclic) bond motifs is 1. The average molecular weight is 362 g/mol. The summed E-state index contributed by atoms with van der Waals surface area (Å²) in [5.74, 6) is -1.38. The third-order valence-corrected chi connectivity index (χ3v) is 4.58. The molecule has 26 heavy (non-hydrogen) atoms. The number of rotatable bonds is 5. The highest BCUT2D eigenvalue weighted by atomic mass is 16.6. The first-order chi connectivity index (χ1) is 12.3. The van der Waals surface area contributed by atoms with Crippen molar-refractivity contribution in [2.24, 2.45) is 11.8 Å². The van der Waals surface area contributed by atoms with Crippen LogP contribution in [0.2, 0.25) is 0 Å². The Bertz CT molecular complexity index is 643. The largest absolute Gasteiger partial charge is 0.461 e. The molecule has 0 aromatic heterocycles. The van der Waals surface area contributed by atoms with Gasteiger partial charge in [-0.2, -0.15) is 0 Å². The number of ether oxygens (including phenoxy) is 2. The smallest absolute Gasteiger partial charge is 0.334 e. The molecule has 1 aliphatic carbocycles. The van der Waals surface area contributed by atoms with E-state index in [4.69, 9.17) is 9.47 Å². The Morgan fingerprint density at radius 2 is 2.23 bits per heavy atom. The van der Waals surface area contributed by atoms with E-state index in [2.05, 4.69) is 6.58 Å². The minimum absolute atomic E-state index is 0.129. The Hall–Kier alpha value is -2.21. The normalized spacial score (nSPS) is 30.5. The second kappa shape index (κ2) is 8.94. The lowest BCUT2D eigenvalue weighted by atomic mass is 9.85. The predicted octanol–water partition coefficient (Wildman–Crippen LogP) is 2.27. The van der Waals surface area contributed by atoms with Gasteiger partial charge in [0.25, 0.3) is 0 Å². The maximum absolute atomic E-state index is 12.2. The maximum atomic E-state index is 12.2. The highest BCUT2D eigenvalue weighted by Crippen LogP contribution is 2.36. The van der Waals surface area contributed by atoms with Gasteiger partial charge in [-0.15, -0.1) is 0 Å². The average Bonchev–Trinajstić information content (AvgIpc) is 2.85. The topological polar surface area (TPSA) is 89.9 Å². The van der Waals surface area contributed by atoms with Gasteiger partial charge in [-0.05, 0) is 36.0 Å². The van der Waals surface area contributed by atoms with E-state index >= 15 is 0 Å². The lowest BCUT2D eigenvalue weighted by molar-refractivity contribution is -0.153. The van der Waals surface area contributed by atoms with Gasteiger partial charge in [-0.3, -0.25) is 9.59 Å². The highest BCUT2D eigenvalue weighted by molar-refractivity contribution is 5.91. The number of carbonyl (C=O) groups is 3. The van der Waals surface area contributed by atoms with Crippen LogP contribution < -0.4 is 0 Å². The fourth-order valence-electron chi connectivity index (χ4n) is 3.28. The summed E-state index contributed by atoms with van der Waals surface area (Å²) in [5.41, 5.74) is 1.42. The van der Waals surface area contributed by atoms with Crippen molar-refractivity contribution in [3.8, 4) is 0 Å². The first-order valence-electron chi connectivity index (χ1n) is 8.89. The Kier molecular flexibility index (Phi) is 6.91. The van der Waals surface area contributed by atoms with E-state index in [1.54, 1.807) is 12.2 Å². The predicted molar refractivity (Wildman–Crippen MR) is 95.0 cm³/mol. The Labute approximate surface area is 153 Å². The molecule has 0 bridgehead atoms. The van der Waals surface area contributed by atoms with Crippen LogP contribution in [-0.4, -0.2) is 42.1 Å². The zero-order valence-corrected chi connectivity index (χ0v) is 15.3. The molecular weight excluding hydrogens is 336 g/mol. The molecule has 2 rings (SSSR count). The van der Waals surface area contributed by atoms with Crippen molar-refractivity contribution in [3.05, 3.63) is 35.5 Å². The van der Waals surface area contributed by atoms with E-state index in [9.17, 15) is 19.5 Å². The summed E-state index contributed by atoms with van der Waals surface area (Å²) in [7, 11) is 0. The molecule has 0 amide bonds. The number of carbonyl (C=O) groups excluding carboxylic acids is 3. The SMILES string of the molecule is C=C1C(=O)O[C@@H]2/C=C(\CO)CC/C=C(/C=O)C[C@H](OC(=O)CC(C)C)[C@@H]12. The number of hydrogen-bond donors (Lipinski definition) is 1. The molecule has 0 aromatic rings. The van der Waals surface area contributed by atoms with Crippen LogP contribution in [0.1, 0.15) is 39.5 Å². The molecule has 6 heteroatoms. The maximum Gasteiger partial charge on any atom is 0.334 e. The first kappa shape index (κ1) is 20.1. The van der Waals surface area contributed by atoms with Crippen molar-refractivity contribution < 1.29 is 29.0 Å². The number of aliphatic hydroxyl groups excluding tert-OH is 1. The summed E-state index contributed by atoms with van der Waals surface area (Å²) in [6.07, 6.45) is 4.40. The summed E-state index contributed by atoms with van der Waals surface area (Å²) in [5, 5.41) is 9.55. The van der Waals surface area contributed by atoms with E-state index in [0.29, 0.717) is 24.0 Å². The van der Waals surface area contributed by atoms with Crippen molar-refractivity contribution in [3.63, 3.8) is 0 Å². The number of aldehydes is 1. The summed E-state index contributed by atoms with van der Waals surface area (Å²) >= 11 is 0. The molecule has 2 aliphatic rings. The van der Waals surface area contributed by atoms with Gasteiger partial charge in [-0.25, -0.2) is 4.79 Å². The minimum Gasteiger partial charge on any atom is -0.461 e. The number of esters is 2. The summed E-state index contributed by atoms with van der Waals surface area (Å²) in [6.45, 7) is 7.45. The Balaban J connectivity index is 2.38. The van der Waals surface area contributed by atoms with E-state index < -0.39 is 24.1 Å². The molecule has 1 N–H and O–H groups in total. The van der Waals surface area contributed by atoms with E-state index in [1.165, 1.54) is 0 Å². The molecule has 1 heterocycles. The molecule has 3 atom stereocenters. The third-order valence-electron chi connectivity index (χ3n) is 4.58. The Morgan fingerprint density at radius 1 is 1.50 bits per heavy atom. The summed E-state index contributed by atoms with van der Waals surface area (Å²) in [6, 6.07) is 0. The van der Waals surface area contributed by atoms with Crippen LogP contribution in [0.3, 0.4) is 0 Å². The first-order valence-corrected chi connectivity index (χ1v) is 8.89. The molecule has 1 saturated heterocycles. The van der Waals surface area contributed by atoms with Gasteiger partial charge in [0.1, 0.15) is 18.5 Å². The zero-order valence-electron chi connectivity index (χ0n) is 15.3. The molecule has 0 spiro atoms. The van der Waals surface area contributed by atoms with Gasteiger partial charge in [0.15, 0.2) is 0 Å². The molecule has 0 aromatic carbocycles. The van der Waals surface area contributed by atoms with Gasteiger partial charge in [0.2, 0.25) is 0 Å². The van der Waals surface area contributed by atoms with Crippen LogP contribution in [0.4, 0.5) is 0 Å². The molecule has 0 unspecified atom stereocenters. The number of allylic oxidation sites excluding steroid dienone is 1. The van der Waals surface area contributed by atoms with E-state index in [-0.39, 0.29) is 36.9 Å². The van der Waals surface area contributed by atoms with E-state index in [0.717, 1.165) is 6.29 Å². The van der Waals surface area contributed by atoms with E-state index in [1.807, 2.05) is 13.8 Å². The van der Waals surface area contributed by atoms with Crippen molar-refractivity contribution in [1.29, 1.82) is 0 Å². The van der Waals surface area contributed by atoms with Gasteiger partial charge in [0.05, 0.1) is 12.5 Å². The fourth-order valence-corrected chi connectivity index (χ4v) is 3.28. The lowest BCUT2D eigenvalue weighted by Gasteiger charge is -2.27. The van der Waals surface area contributed by atoms with Crippen LogP contribution in [0.5, 0.6) is 0 Å². The number of aliphatic hydroxyl groups is 1. The minimum atomic E-state index is -0.726. The zero-order chi connectivity index (χ0) is 19.3. The molecule has 0 saturated carbocycles. The van der Waals surface area contributed by atoms with Gasteiger partial charge >= 0.3 is 11.9 Å². The molecule has 6 nitrogen and oxygen atoms in total. The molecule has 1 aliphatic heterocycles. The second-order valence-electron chi connectivity index (χ2n) is 7.17. The number of hydrogen-bond acceptors (Lipinski definition) is 6. The van der Waals surface area contributed by atoms with Crippen molar-refractivity contribution in [2.75, 3.05) is 6.61 Å². The van der Waals surface area contributed by atoms with Crippen molar-refractivity contribution >= 4 is 18.2 Å². The highest BCUT2D eigenvalue weighted by Gasteiger charge is 2.44. The Morgan fingerprint density at radius 3 is 2.85 bits per heavy atom. The molecule has 1 fully saturated rings. The van der Waals surface area contributed by atoms with Crippen LogP contribution in [-0.2, 0) is 23.9 Å². The van der Waals surface area contributed by atoms with Gasteiger partial charge in [-0.1, -0.05) is 26.5 Å². The fraction of sp³-hybridized carbons (Fsp3) is 0.550. The van der Waals surface area contributed by atoms with Crippen molar-refractivity contribution in [2.45, 2.75) is 51.7 Å². The van der Waals surface area contributed by atoms with Gasteiger partial charge in [0, 0.05) is 18.4 Å². The third kappa shape index (κ3) is 4.91. The van der Waals surface area contributed by atoms with Gasteiger partial charge < -0.3 is 14.6 Å². The van der Waals surface area contributed by atoms with Crippen LogP contribution in [0.25, 0.3) is 0 Å².